The predicted octanol–water partition coefficient (Wildman–Crippen LogP) is 22.4. The van der Waals surface area contributed by atoms with E-state index in [0.29, 0.717) is 6.42 Å². The Labute approximate surface area is 501 Å². The second-order valence-corrected chi connectivity index (χ2v) is 24.5. The maximum absolute atomic E-state index is 12.8. The first kappa shape index (κ1) is 78.5. The van der Waals surface area contributed by atoms with E-state index in [1.165, 1.54) is 231 Å². The lowest BCUT2D eigenvalue weighted by atomic mass is 10.0. The van der Waals surface area contributed by atoms with Crippen LogP contribution in [-0.2, 0) is 32.7 Å². The third-order valence-electron chi connectivity index (χ3n) is 15.1. The number of carbonyl (C=O) groups excluding carboxylic acids is 2. The van der Waals surface area contributed by atoms with Gasteiger partial charge in [-0.25, -0.2) is 4.57 Å². The number of hydrogen-bond donors (Lipinski definition) is 2. The molecular weight excluding hydrogens is 1030 g/mol. The fourth-order valence-electron chi connectivity index (χ4n) is 9.95. The molecule has 0 radical (unpaired) electrons. The fraction of sp³-hybridized carbons (Fsp3) is 0.803. The first-order valence-corrected chi connectivity index (χ1v) is 35.9. The van der Waals surface area contributed by atoms with Crippen LogP contribution in [-0.4, -0.2) is 49.3 Å². The quantitative estimate of drug-likeness (QED) is 0.0264. The largest absolute Gasteiger partial charge is 0.472 e. The maximum Gasteiger partial charge on any atom is 0.472 e. The molecule has 0 bridgehead atoms. The molecule has 2 atom stereocenters. The van der Waals surface area contributed by atoms with Gasteiger partial charge in [0, 0.05) is 19.4 Å². The highest BCUT2D eigenvalue weighted by Crippen LogP contribution is 2.43. The van der Waals surface area contributed by atoms with Gasteiger partial charge in [-0.3, -0.25) is 18.6 Å². The van der Waals surface area contributed by atoms with E-state index >= 15 is 0 Å². The summed E-state index contributed by atoms with van der Waals surface area (Å²) in [6.45, 7) is 3.75. The number of esters is 2. The van der Waals surface area contributed by atoms with E-state index in [1.807, 2.05) is 0 Å². The molecule has 0 fully saturated rings. The van der Waals surface area contributed by atoms with Crippen molar-refractivity contribution in [2.75, 3.05) is 26.4 Å². The smallest absolute Gasteiger partial charge is 0.462 e. The van der Waals surface area contributed by atoms with E-state index < -0.39 is 26.5 Å². The molecule has 9 nitrogen and oxygen atoms in total. The lowest BCUT2D eigenvalue weighted by Gasteiger charge is -2.19. The summed E-state index contributed by atoms with van der Waals surface area (Å²) in [5.74, 6) is -0.824. The Morgan fingerprint density at radius 1 is 0.370 bits per heavy atom. The van der Waals surface area contributed by atoms with E-state index in [1.54, 1.807) is 0 Å². The lowest BCUT2D eigenvalue weighted by Crippen LogP contribution is -2.29. The zero-order chi connectivity index (χ0) is 58.7. The number of phosphoric ester groups is 1. The minimum absolute atomic E-state index is 0.0515. The Balaban J connectivity index is 3.84. The fourth-order valence-corrected chi connectivity index (χ4v) is 10.7. The van der Waals surface area contributed by atoms with Crippen LogP contribution in [0.5, 0.6) is 0 Å². The van der Waals surface area contributed by atoms with Gasteiger partial charge in [-0.05, 0) is 89.9 Å². The molecule has 0 aromatic carbocycles. The topological polar surface area (TPSA) is 134 Å². The average molecular weight is 1160 g/mol. The molecule has 0 amide bonds. The number of ether oxygens (including phenoxy) is 2. The van der Waals surface area contributed by atoms with Crippen LogP contribution in [0.1, 0.15) is 335 Å². The van der Waals surface area contributed by atoms with Gasteiger partial charge >= 0.3 is 19.8 Å². The number of nitrogens with two attached hydrogens (primary N) is 1. The minimum Gasteiger partial charge on any atom is -0.462 e. The van der Waals surface area contributed by atoms with Crippen molar-refractivity contribution in [1.29, 1.82) is 0 Å². The molecule has 0 heterocycles. The van der Waals surface area contributed by atoms with Gasteiger partial charge in [0.25, 0.3) is 0 Å². The molecule has 0 aliphatic heterocycles. The van der Waals surface area contributed by atoms with Crippen molar-refractivity contribution < 1.29 is 37.6 Å². The van der Waals surface area contributed by atoms with Crippen LogP contribution in [0.4, 0.5) is 0 Å². The molecule has 0 aromatic rings. The van der Waals surface area contributed by atoms with Crippen molar-refractivity contribution >= 4 is 19.8 Å². The molecule has 10 heteroatoms. The van der Waals surface area contributed by atoms with Crippen molar-refractivity contribution in [2.45, 2.75) is 341 Å². The summed E-state index contributed by atoms with van der Waals surface area (Å²) < 4.78 is 33.1. The van der Waals surface area contributed by atoms with Crippen LogP contribution in [0.3, 0.4) is 0 Å². The van der Waals surface area contributed by atoms with Crippen LogP contribution in [0.2, 0.25) is 0 Å². The number of carbonyl (C=O) groups is 2. The van der Waals surface area contributed by atoms with Gasteiger partial charge in [0.15, 0.2) is 6.10 Å². The highest BCUT2D eigenvalue weighted by Gasteiger charge is 2.26. The standard InChI is InChI=1S/C71H130NO8P/c1-3-5-7-9-11-13-15-17-19-21-23-25-27-28-29-30-31-32-33-34-35-36-37-38-39-40-42-44-46-48-50-52-54-56-58-60-62-64-71(74)80-69(68-79-81(75,76)78-66-65-72)67-77-70(73)63-61-59-57-55-53-51-49-47-45-43-41-26-24-22-20-18-16-14-12-10-8-6-4-2/h15-18,21-24,27-28,41,43,69H,3-14,19-20,25-26,29-40,42,44-68,72H2,1-2H3,(H,75,76)/b17-15-,18-16-,23-21-,24-22-,28-27-,43-41-. The highest BCUT2D eigenvalue weighted by atomic mass is 31.2. The zero-order valence-corrected chi connectivity index (χ0v) is 53.9. The summed E-state index contributed by atoms with van der Waals surface area (Å²) in [5.41, 5.74) is 5.40. The van der Waals surface area contributed by atoms with Crippen LogP contribution in [0, 0.1) is 0 Å². The number of unbranched alkanes of at least 4 members (excludes halogenated alkanes) is 40. The van der Waals surface area contributed by atoms with Crippen LogP contribution >= 0.6 is 7.82 Å². The molecule has 0 aliphatic rings. The summed E-state index contributed by atoms with van der Waals surface area (Å²) in [6, 6.07) is 0. The third kappa shape index (κ3) is 66.5. The Hall–Kier alpha value is -2.55. The van der Waals surface area contributed by atoms with Gasteiger partial charge in [-0.15, -0.1) is 0 Å². The van der Waals surface area contributed by atoms with Gasteiger partial charge in [0.05, 0.1) is 13.2 Å². The molecule has 2 unspecified atom stereocenters. The minimum atomic E-state index is -4.39. The Morgan fingerprint density at radius 2 is 0.642 bits per heavy atom. The molecule has 0 rings (SSSR count). The summed E-state index contributed by atoms with van der Waals surface area (Å²) >= 11 is 0. The summed E-state index contributed by atoms with van der Waals surface area (Å²) in [5, 5.41) is 0. The van der Waals surface area contributed by atoms with Crippen molar-refractivity contribution in [1.82, 2.24) is 0 Å². The second-order valence-electron chi connectivity index (χ2n) is 23.0. The molecule has 0 aliphatic carbocycles. The lowest BCUT2D eigenvalue weighted by molar-refractivity contribution is -0.161. The Kier molecular flexibility index (Phi) is 64.5. The molecule has 0 aromatic heterocycles. The normalized spacial score (nSPS) is 13.4. The first-order chi connectivity index (χ1) is 39.8. The van der Waals surface area contributed by atoms with Crippen LogP contribution < -0.4 is 5.73 Å². The van der Waals surface area contributed by atoms with Crippen molar-refractivity contribution in [3.63, 3.8) is 0 Å². The molecule has 0 spiro atoms. The van der Waals surface area contributed by atoms with Crippen LogP contribution in [0.25, 0.3) is 0 Å². The number of hydrogen-bond acceptors (Lipinski definition) is 8. The van der Waals surface area contributed by atoms with Crippen molar-refractivity contribution in [3.05, 3.63) is 72.9 Å². The van der Waals surface area contributed by atoms with E-state index in [2.05, 4.69) is 86.8 Å². The van der Waals surface area contributed by atoms with Gasteiger partial charge in [0.2, 0.25) is 0 Å². The van der Waals surface area contributed by atoms with Gasteiger partial charge in [-0.2, -0.15) is 0 Å². The molecule has 3 N–H and O–H groups in total. The predicted molar refractivity (Wildman–Crippen MR) is 349 cm³/mol. The molecule has 81 heavy (non-hydrogen) atoms. The van der Waals surface area contributed by atoms with Crippen molar-refractivity contribution in [2.24, 2.45) is 5.73 Å². The molecule has 0 saturated heterocycles. The van der Waals surface area contributed by atoms with E-state index in [-0.39, 0.29) is 38.6 Å². The summed E-state index contributed by atoms with van der Waals surface area (Å²) in [6.07, 6.45) is 87.1. The first-order valence-electron chi connectivity index (χ1n) is 34.4. The van der Waals surface area contributed by atoms with Crippen molar-refractivity contribution in [3.8, 4) is 0 Å². The van der Waals surface area contributed by atoms with Crippen LogP contribution in [0.15, 0.2) is 72.9 Å². The Morgan fingerprint density at radius 3 is 0.951 bits per heavy atom. The second kappa shape index (κ2) is 66.6. The SMILES string of the molecule is CCCCCCC/C=C\C/C=C\C/C=C\CCCCCCCCCCCCCCCCCCCCCCCCC(=O)OC(COC(=O)CCCCCCCCCC/C=C\C/C=C\C/C=C\CCCCCCC)COP(=O)(O)OCCN. The molecular formula is C71H130NO8P. The summed E-state index contributed by atoms with van der Waals surface area (Å²) in [4.78, 5) is 35.3. The van der Waals surface area contributed by atoms with E-state index in [0.717, 1.165) is 70.6 Å². The average Bonchev–Trinajstić information content (AvgIpc) is 3.46. The Bertz CT molecular complexity index is 1560. The number of allylic oxidation sites excluding steroid dienone is 12. The van der Waals surface area contributed by atoms with Gasteiger partial charge in [-0.1, -0.05) is 305 Å². The highest BCUT2D eigenvalue weighted by molar-refractivity contribution is 7.47. The summed E-state index contributed by atoms with van der Waals surface area (Å²) in [7, 11) is -4.39. The van der Waals surface area contributed by atoms with Gasteiger partial charge in [0.1, 0.15) is 6.61 Å². The number of phosphoric acid groups is 1. The number of rotatable bonds is 65. The van der Waals surface area contributed by atoms with Gasteiger partial charge < -0.3 is 20.1 Å². The monoisotopic (exact) mass is 1160 g/mol. The maximum atomic E-state index is 12.8. The molecule has 0 saturated carbocycles. The zero-order valence-electron chi connectivity index (χ0n) is 53.0. The van der Waals surface area contributed by atoms with E-state index in [4.69, 9.17) is 24.3 Å². The molecule has 472 valence electrons. The van der Waals surface area contributed by atoms with E-state index in [9.17, 15) is 19.0 Å². The third-order valence-corrected chi connectivity index (χ3v) is 16.0.